The van der Waals surface area contributed by atoms with E-state index in [9.17, 15) is 19.4 Å². The van der Waals surface area contributed by atoms with E-state index >= 15 is 0 Å². The van der Waals surface area contributed by atoms with Crippen LogP contribution in [0.3, 0.4) is 0 Å². The summed E-state index contributed by atoms with van der Waals surface area (Å²) in [6, 6.07) is 5.26. The highest BCUT2D eigenvalue weighted by Gasteiger charge is 2.37. The normalized spacial score (nSPS) is 16.1. The van der Waals surface area contributed by atoms with Crippen molar-refractivity contribution in [2.75, 3.05) is 7.11 Å². The lowest BCUT2D eigenvalue weighted by molar-refractivity contribution is -0.140. The minimum Gasteiger partial charge on any atom is -0.535 e. The molecule has 0 spiro atoms. The maximum Gasteiger partial charge on any atom is 0.526 e. The molecule has 1 aliphatic rings. The van der Waals surface area contributed by atoms with Gasteiger partial charge in [-0.25, -0.2) is 0 Å². The second kappa shape index (κ2) is 8.10. The van der Waals surface area contributed by atoms with Crippen molar-refractivity contribution >= 4 is 24.7 Å². The van der Waals surface area contributed by atoms with Crippen LogP contribution in [0.1, 0.15) is 48.5 Å². The number of ether oxygens (including phenoxy) is 1. The molecule has 0 saturated carbocycles. The van der Waals surface area contributed by atoms with Crippen molar-refractivity contribution in [3.8, 4) is 5.75 Å². The molecule has 0 saturated heterocycles. The van der Waals surface area contributed by atoms with Crippen molar-refractivity contribution < 1.29 is 28.8 Å². The Balaban J connectivity index is 1.96. The predicted molar refractivity (Wildman–Crippen MR) is 88.0 cm³/mol. The van der Waals surface area contributed by atoms with Gasteiger partial charge in [0.2, 0.25) is 0 Å². The molecular weight excluding hydrogens is 311 g/mol. The third kappa shape index (κ3) is 4.44. The quantitative estimate of drug-likeness (QED) is 0.466. The summed E-state index contributed by atoms with van der Waals surface area (Å²) in [5.41, 5.74) is 1.26. The van der Waals surface area contributed by atoms with Crippen molar-refractivity contribution in [3.05, 3.63) is 29.3 Å². The lowest BCUT2D eigenvalue weighted by atomic mass is 9.64. The maximum atomic E-state index is 12.0. The van der Waals surface area contributed by atoms with Gasteiger partial charge in [0.1, 0.15) is 11.5 Å². The van der Waals surface area contributed by atoms with Crippen LogP contribution in [-0.4, -0.2) is 36.8 Å². The van der Waals surface area contributed by atoms with Crippen LogP contribution in [0.25, 0.3) is 0 Å². The van der Waals surface area contributed by atoms with Crippen LogP contribution in [0.4, 0.5) is 0 Å². The molecule has 1 aromatic carbocycles. The van der Waals surface area contributed by atoms with Gasteiger partial charge in [-0.2, -0.15) is 0 Å². The number of carbonyl (C=O) groups excluding carboxylic acids is 3. The zero-order valence-corrected chi connectivity index (χ0v) is 13.9. The molecule has 0 aromatic heterocycles. The molecule has 1 heterocycles. The van der Waals surface area contributed by atoms with Gasteiger partial charge in [0.25, 0.3) is 0 Å². The molecule has 0 bridgehead atoms. The SMILES string of the molecule is COC(=O)CCCC(=O)C[C@H]1Cc2cccc(C(C)=O)c2OB1O. The molecular formula is C17H21BO6. The fraction of sp³-hybridized carbons (Fsp3) is 0.471. The van der Waals surface area contributed by atoms with Crippen molar-refractivity contribution in [1.82, 2.24) is 0 Å². The number of esters is 1. The van der Waals surface area contributed by atoms with E-state index in [0.29, 0.717) is 24.2 Å². The molecule has 1 N–H and O–H groups in total. The van der Waals surface area contributed by atoms with Crippen LogP contribution in [-0.2, 0) is 20.7 Å². The molecule has 1 aromatic rings. The summed E-state index contributed by atoms with van der Waals surface area (Å²) >= 11 is 0. The van der Waals surface area contributed by atoms with E-state index in [4.69, 9.17) is 4.65 Å². The fourth-order valence-electron chi connectivity index (χ4n) is 2.86. The number of hydrogen-bond acceptors (Lipinski definition) is 6. The fourth-order valence-corrected chi connectivity index (χ4v) is 2.86. The highest BCUT2D eigenvalue weighted by molar-refractivity contribution is 6.47. The summed E-state index contributed by atoms with van der Waals surface area (Å²) < 4.78 is 10.0. The average Bonchev–Trinajstić information content (AvgIpc) is 2.54. The van der Waals surface area contributed by atoms with Crippen LogP contribution in [0, 0.1) is 0 Å². The van der Waals surface area contributed by atoms with Gasteiger partial charge in [-0.3, -0.25) is 14.4 Å². The van der Waals surface area contributed by atoms with Gasteiger partial charge in [-0.05, 0) is 31.4 Å². The topological polar surface area (TPSA) is 89.9 Å². The Morgan fingerprint density at radius 2 is 2.08 bits per heavy atom. The number of methoxy groups -OCH3 is 1. The van der Waals surface area contributed by atoms with E-state index < -0.39 is 7.12 Å². The van der Waals surface area contributed by atoms with Crippen LogP contribution in [0.15, 0.2) is 18.2 Å². The van der Waals surface area contributed by atoms with E-state index in [1.165, 1.54) is 14.0 Å². The molecule has 0 aliphatic carbocycles. The molecule has 6 nitrogen and oxygen atoms in total. The molecule has 2 rings (SSSR count). The third-order valence-corrected chi connectivity index (χ3v) is 4.15. The van der Waals surface area contributed by atoms with E-state index in [0.717, 1.165) is 5.56 Å². The molecule has 1 aliphatic heterocycles. The van der Waals surface area contributed by atoms with Crippen molar-refractivity contribution in [3.63, 3.8) is 0 Å². The van der Waals surface area contributed by atoms with Crippen LogP contribution in [0.2, 0.25) is 5.82 Å². The largest absolute Gasteiger partial charge is 0.535 e. The molecule has 7 heteroatoms. The smallest absolute Gasteiger partial charge is 0.526 e. The highest BCUT2D eigenvalue weighted by atomic mass is 16.5. The summed E-state index contributed by atoms with van der Waals surface area (Å²) in [7, 11) is 0.189. The number of fused-ring (bicyclic) bond motifs is 1. The van der Waals surface area contributed by atoms with E-state index in [1.54, 1.807) is 12.1 Å². The Labute approximate surface area is 141 Å². The second-order valence-electron chi connectivity index (χ2n) is 6.00. The van der Waals surface area contributed by atoms with E-state index in [2.05, 4.69) is 4.74 Å². The van der Waals surface area contributed by atoms with Gasteiger partial charge in [-0.15, -0.1) is 0 Å². The molecule has 0 unspecified atom stereocenters. The van der Waals surface area contributed by atoms with Crippen molar-refractivity contribution in [2.45, 2.75) is 44.8 Å². The Morgan fingerprint density at radius 3 is 2.75 bits per heavy atom. The highest BCUT2D eigenvalue weighted by Crippen LogP contribution is 2.36. The molecule has 0 radical (unpaired) electrons. The lowest BCUT2D eigenvalue weighted by Crippen LogP contribution is -2.35. The first-order chi connectivity index (χ1) is 11.4. The Hall–Kier alpha value is -2.15. The standard InChI is InChI=1S/C17H21BO6/c1-11(19)15-7-3-5-12-9-13(18(22)24-17(12)15)10-14(20)6-4-8-16(21)23-2/h3,5,7,13,22H,4,6,8-10H2,1-2H3/t13-/m1/s1. The number of Topliss-reactive ketones (excluding diaryl/α,β-unsaturated/α-hetero) is 2. The molecule has 128 valence electrons. The Kier molecular flexibility index (Phi) is 6.14. The molecule has 24 heavy (non-hydrogen) atoms. The zero-order valence-electron chi connectivity index (χ0n) is 13.9. The number of para-hydroxylation sites is 1. The van der Waals surface area contributed by atoms with Crippen molar-refractivity contribution in [2.24, 2.45) is 0 Å². The Morgan fingerprint density at radius 1 is 1.33 bits per heavy atom. The third-order valence-electron chi connectivity index (χ3n) is 4.15. The van der Waals surface area contributed by atoms with Gasteiger partial charge in [-0.1, -0.05) is 12.1 Å². The minimum atomic E-state index is -1.12. The molecule has 0 amide bonds. The van der Waals surface area contributed by atoms with Gasteiger partial charge < -0.3 is 14.4 Å². The summed E-state index contributed by atoms with van der Waals surface area (Å²) in [6.07, 6.45) is 1.54. The second-order valence-corrected chi connectivity index (χ2v) is 6.00. The summed E-state index contributed by atoms with van der Waals surface area (Å²) in [5, 5.41) is 10.2. The number of rotatable bonds is 7. The van der Waals surface area contributed by atoms with Crippen molar-refractivity contribution in [1.29, 1.82) is 0 Å². The first-order valence-electron chi connectivity index (χ1n) is 7.98. The zero-order chi connectivity index (χ0) is 17.7. The number of benzene rings is 1. The Bertz CT molecular complexity index is 642. The van der Waals surface area contributed by atoms with Gasteiger partial charge in [0.05, 0.1) is 12.7 Å². The number of carbonyl (C=O) groups is 3. The minimum absolute atomic E-state index is 0.0299. The average molecular weight is 332 g/mol. The summed E-state index contributed by atoms with van der Waals surface area (Å²) in [6.45, 7) is 1.45. The number of ketones is 2. The summed E-state index contributed by atoms with van der Waals surface area (Å²) in [5.74, 6) is -0.444. The van der Waals surface area contributed by atoms with E-state index in [-0.39, 0.29) is 42.6 Å². The first-order valence-corrected chi connectivity index (χ1v) is 7.98. The van der Waals surface area contributed by atoms with Gasteiger partial charge >= 0.3 is 13.1 Å². The van der Waals surface area contributed by atoms with Crippen LogP contribution in [0.5, 0.6) is 5.75 Å². The first kappa shape index (κ1) is 18.2. The van der Waals surface area contributed by atoms with Gasteiger partial charge in [0, 0.05) is 25.1 Å². The van der Waals surface area contributed by atoms with E-state index in [1.807, 2.05) is 6.07 Å². The van der Waals surface area contributed by atoms with Crippen LogP contribution < -0.4 is 4.65 Å². The maximum absolute atomic E-state index is 12.0. The summed E-state index contributed by atoms with van der Waals surface area (Å²) in [4.78, 5) is 34.7. The van der Waals surface area contributed by atoms with Crippen LogP contribution >= 0.6 is 0 Å². The number of hydrogen-bond donors (Lipinski definition) is 1. The van der Waals surface area contributed by atoms with Gasteiger partial charge in [0.15, 0.2) is 5.78 Å². The predicted octanol–water partition coefficient (Wildman–Crippen LogP) is 1.98. The lowest BCUT2D eigenvalue weighted by Gasteiger charge is -2.28. The molecule has 1 atom stereocenters. The molecule has 0 fully saturated rings. The monoisotopic (exact) mass is 332 g/mol.